The Morgan fingerprint density at radius 1 is 1.23 bits per heavy atom. The van der Waals surface area contributed by atoms with Crippen molar-refractivity contribution in [3.05, 3.63) is 0 Å². The van der Waals surface area contributed by atoms with E-state index in [1.54, 1.807) is 0 Å². The van der Waals surface area contributed by atoms with Gasteiger partial charge in [-0.15, -0.1) is 12.4 Å². The summed E-state index contributed by atoms with van der Waals surface area (Å²) in [5.41, 5.74) is 3.55. The summed E-state index contributed by atoms with van der Waals surface area (Å²) in [4.78, 5) is 0. The van der Waals surface area contributed by atoms with E-state index in [4.69, 9.17) is 5.73 Å². The molecule has 3 atom stereocenters. The van der Waals surface area contributed by atoms with Crippen LogP contribution in [0, 0.1) is 11.8 Å². The molecule has 0 aromatic carbocycles. The summed E-state index contributed by atoms with van der Waals surface area (Å²) < 4.78 is 37.4. The molecule has 1 nitrogen and oxygen atoms in total. The maximum absolute atomic E-state index is 12.5. The minimum Gasteiger partial charge on any atom is -0.317 e. The highest BCUT2D eigenvalue weighted by atomic mass is 35.5. The van der Waals surface area contributed by atoms with Crippen molar-refractivity contribution in [2.24, 2.45) is 17.6 Å². The van der Waals surface area contributed by atoms with Crippen LogP contribution in [0.25, 0.3) is 0 Å². The number of nitrogens with two attached hydrogens (primary N) is 1. The lowest BCUT2D eigenvalue weighted by Gasteiger charge is -2.35. The molecule has 2 aliphatic carbocycles. The lowest BCUT2D eigenvalue weighted by atomic mass is 9.81. The zero-order valence-electron chi connectivity index (χ0n) is 7.10. The van der Waals surface area contributed by atoms with Crippen molar-refractivity contribution in [1.82, 2.24) is 0 Å². The molecule has 0 spiro atoms. The van der Waals surface area contributed by atoms with Gasteiger partial charge >= 0.3 is 6.18 Å². The quantitative estimate of drug-likeness (QED) is 0.660. The topological polar surface area (TPSA) is 26.0 Å². The van der Waals surface area contributed by atoms with Crippen molar-refractivity contribution < 1.29 is 13.2 Å². The standard InChI is InChI=1S/C8H12F3N.ClH/c9-8(10,11)7(12)4-5-1-2-6(7)3-5;/h5-6H,1-4,12H2;1H. The number of fused-ring (bicyclic) bond motifs is 2. The van der Waals surface area contributed by atoms with E-state index >= 15 is 0 Å². The van der Waals surface area contributed by atoms with Crippen LogP contribution >= 0.6 is 12.4 Å². The number of hydrogen-bond donors (Lipinski definition) is 1. The number of hydrogen-bond acceptors (Lipinski definition) is 1. The van der Waals surface area contributed by atoms with Gasteiger partial charge in [0.25, 0.3) is 0 Å². The van der Waals surface area contributed by atoms with Crippen LogP contribution in [-0.4, -0.2) is 11.7 Å². The largest absolute Gasteiger partial charge is 0.406 e. The fourth-order valence-corrected chi connectivity index (χ4v) is 2.72. The monoisotopic (exact) mass is 215 g/mol. The average Bonchev–Trinajstić information content (AvgIpc) is 2.43. The van der Waals surface area contributed by atoms with Crippen LogP contribution in [0.4, 0.5) is 13.2 Å². The molecule has 0 aromatic heterocycles. The second-order valence-corrected chi connectivity index (χ2v) is 4.12. The summed E-state index contributed by atoms with van der Waals surface area (Å²) in [6, 6.07) is 0. The Kier molecular flexibility index (Phi) is 2.58. The molecule has 3 unspecified atom stereocenters. The van der Waals surface area contributed by atoms with E-state index in [1.165, 1.54) is 0 Å². The third-order valence-electron chi connectivity index (χ3n) is 3.42. The molecule has 0 aliphatic heterocycles. The van der Waals surface area contributed by atoms with Crippen LogP contribution in [0.1, 0.15) is 25.7 Å². The second-order valence-electron chi connectivity index (χ2n) is 4.12. The smallest absolute Gasteiger partial charge is 0.317 e. The molecule has 2 rings (SSSR count). The maximum Gasteiger partial charge on any atom is 0.406 e. The molecule has 2 saturated carbocycles. The zero-order valence-corrected chi connectivity index (χ0v) is 7.92. The van der Waals surface area contributed by atoms with E-state index < -0.39 is 11.7 Å². The summed E-state index contributed by atoms with van der Waals surface area (Å²) in [6.45, 7) is 0. The third-order valence-corrected chi connectivity index (χ3v) is 3.42. The fraction of sp³-hybridized carbons (Fsp3) is 1.00. The molecule has 2 N–H and O–H groups in total. The Bertz CT molecular complexity index is 206. The molecule has 2 aliphatic rings. The lowest BCUT2D eigenvalue weighted by molar-refractivity contribution is -0.199. The summed E-state index contributed by atoms with van der Waals surface area (Å²) in [5.74, 6) is -0.0656. The lowest BCUT2D eigenvalue weighted by Crippen LogP contribution is -2.57. The predicted molar refractivity (Wildman–Crippen MR) is 45.7 cm³/mol. The summed E-state index contributed by atoms with van der Waals surface area (Å²) >= 11 is 0. The van der Waals surface area contributed by atoms with Gasteiger partial charge in [-0.05, 0) is 31.1 Å². The Hall–Kier alpha value is 0.0400. The molecule has 0 saturated heterocycles. The molecule has 0 amide bonds. The molecular weight excluding hydrogens is 203 g/mol. The molecule has 0 radical (unpaired) electrons. The van der Waals surface area contributed by atoms with E-state index in [9.17, 15) is 13.2 Å². The first-order chi connectivity index (χ1) is 5.43. The van der Waals surface area contributed by atoms with Crippen molar-refractivity contribution in [3.8, 4) is 0 Å². The first-order valence-corrected chi connectivity index (χ1v) is 4.29. The molecule has 2 fully saturated rings. The van der Waals surface area contributed by atoms with Crippen LogP contribution < -0.4 is 5.73 Å². The Labute approximate surface area is 81.3 Å². The van der Waals surface area contributed by atoms with Crippen molar-refractivity contribution in [1.29, 1.82) is 0 Å². The van der Waals surface area contributed by atoms with Gasteiger partial charge in [0.15, 0.2) is 0 Å². The maximum atomic E-state index is 12.5. The second kappa shape index (κ2) is 3.02. The number of halogens is 4. The van der Waals surface area contributed by atoms with Crippen molar-refractivity contribution in [2.45, 2.75) is 37.4 Å². The van der Waals surface area contributed by atoms with E-state index in [0.717, 1.165) is 6.42 Å². The minimum atomic E-state index is -4.20. The van der Waals surface area contributed by atoms with Crippen LogP contribution in [0.3, 0.4) is 0 Å². The minimum absolute atomic E-state index is 0. The highest BCUT2D eigenvalue weighted by Gasteiger charge is 2.62. The molecule has 5 heteroatoms. The molecule has 13 heavy (non-hydrogen) atoms. The van der Waals surface area contributed by atoms with Crippen molar-refractivity contribution in [3.63, 3.8) is 0 Å². The Morgan fingerprint density at radius 2 is 1.85 bits per heavy atom. The van der Waals surface area contributed by atoms with Crippen LogP contribution in [-0.2, 0) is 0 Å². The van der Waals surface area contributed by atoms with Crippen molar-refractivity contribution >= 4 is 12.4 Å². The SMILES string of the molecule is Cl.NC1(C(F)(F)F)CC2CCC1C2. The summed E-state index contributed by atoms with van der Waals surface area (Å²) in [5, 5.41) is 0. The van der Waals surface area contributed by atoms with Gasteiger partial charge in [0.05, 0.1) is 0 Å². The first kappa shape index (κ1) is 11.1. The predicted octanol–water partition coefficient (Wildman–Crippen LogP) is 2.49. The van der Waals surface area contributed by atoms with Gasteiger partial charge in [-0.1, -0.05) is 6.42 Å². The third kappa shape index (κ3) is 1.44. The van der Waals surface area contributed by atoms with Crippen LogP contribution in [0.2, 0.25) is 0 Å². The van der Waals surface area contributed by atoms with E-state index in [2.05, 4.69) is 0 Å². The molecule has 2 bridgehead atoms. The van der Waals surface area contributed by atoms with Crippen LogP contribution in [0.5, 0.6) is 0 Å². The van der Waals surface area contributed by atoms with Gasteiger partial charge in [0.1, 0.15) is 5.54 Å². The average molecular weight is 216 g/mol. The van der Waals surface area contributed by atoms with Crippen LogP contribution in [0.15, 0.2) is 0 Å². The van der Waals surface area contributed by atoms with E-state index in [1.807, 2.05) is 0 Å². The van der Waals surface area contributed by atoms with Gasteiger partial charge < -0.3 is 5.73 Å². The summed E-state index contributed by atoms with van der Waals surface area (Å²) in [6.07, 6.45) is -1.75. The van der Waals surface area contributed by atoms with Gasteiger partial charge in [0.2, 0.25) is 0 Å². The molecular formula is C8H13ClF3N. The highest BCUT2D eigenvalue weighted by Crippen LogP contribution is 2.55. The first-order valence-electron chi connectivity index (χ1n) is 4.29. The summed E-state index contributed by atoms with van der Waals surface area (Å²) in [7, 11) is 0. The van der Waals surface area contributed by atoms with Crippen molar-refractivity contribution in [2.75, 3.05) is 0 Å². The van der Waals surface area contributed by atoms with Gasteiger partial charge in [-0.25, -0.2) is 0 Å². The van der Waals surface area contributed by atoms with E-state index in [0.29, 0.717) is 12.8 Å². The Balaban J connectivity index is 0.000000845. The normalized spacial score (nSPS) is 43.4. The fourth-order valence-electron chi connectivity index (χ4n) is 2.72. The zero-order chi connectivity index (χ0) is 8.98. The van der Waals surface area contributed by atoms with Gasteiger partial charge in [0, 0.05) is 0 Å². The molecule has 0 heterocycles. The van der Waals surface area contributed by atoms with Gasteiger partial charge in [-0.3, -0.25) is 0 Å². The number of rotatable bonds is 0. The molecule has 0 aromatic rings. The van der Waals surface area contributed by atoms with Gasteiger partial charge in [-0.2, -0.15) is 13.2 Å². The highest BCUT2D eigenvalue weighted by molar-refractivity contribution is 5.85. The van der Waals surface area contributed by atoms with E-state index in [-0.39, 0.29) is 30.7 Å². The molecule has 78 valence electrons. The number of alkyl halides is 3. The Morgan fingerprint density at radius 3 is 2.08 bits per heavy atom.